The first-order valence-corrected chi connectivity index (χ1v) is 7.30. The van der Waals surface area contributed by atoms with Crippen molar-refractivity contribution in [3.05, 3.63) is 30.3 Å². The molecule has 3 nitrogen and oxygen atoms in total. The van der Waals surface area contributed by atoms with Crippen molar-refractivity contribution in [2.45, 2.75) is 19.3 Å². The van der Waals surface area contributed by atoms with Crippen LogP contribution in [-0.4, -0.2) is 52.6 Å². The molecule has 1 rings (SSSR count). The Hall–Kier alpha value is -0.843. The highest BCUT2D eigenvalue weighted by Gasteiger charge is 2.31. The van der Waals surface area contributed by atoms with Gasteiger partial charge in [0.1, 0.15) is 5.41 Å². The minimum absolute atomic E-state index is 0.0230. The van der Waals surface area contributed by atoms with Gasteiger partial charge in [-0.05, 0) is 39.3 Å². The van der Waals surface area contributed by atoms with Crippen molar-refractivity contribution < 1.29 is 0 Å². The molecule has 0 fully saturated rings. The van der Waals surface area contributed by atoms with E-state index in [9.17, 15) is 0 Å². The van der Waals surface area contributed by atoms with E-state index in [1.807, 2.05) is 6.07 Å². The molecule has 0 aromatic heterocycles. The van der Waals surface area contributed by atoms with Gasteiger partial charge in [-0.15, -0.1) is 0 Å². The zero-order valence-corrected chi connectivity index (χ0v) is 13.7. The molecule has 1 aromatic carbocycles. The molecule has 0 saturated heterocycles. The smallest absolute Gasteiger partial charge is 0.120 e. The fourth-order valence-corrected chi connectivity index (χ4v) is 3.03. The number of rotatable bonds is 6. The molecule has 0 aliphatic heterocycles. The van der Waals surface area contributed by atoms with Crippen molar-refractivity contribution in [3.63, 3.8) is 0 Å². The fraction of sp³-hybridized carbons (Fsp3) is 0.538. The Bertz CT molecular complexity index is 325. The summed E-state index contributed by atoms with van der Waals surface area (Å²) in [6, 6.07) is 10.4. The van der Waals surface area contributed by atoms with Crippen molar-refractivity contribution >= 4 is 15.9 Å². The van der Waals surface area contributed by atoms with Gasteiger partial charge in [-0.1, -0.05) is 32.0 Å². The average Bonchev–Trinajstić information content (AvgIpc) is 2.31. The highest BCUT2D eigenvalue weighted by atomic mass is 28.1. The standard InChI is InChI=1S/C13H25N3Si/c1-5-16(6-2)13(17,15(3)4)14-12-10-8-7-9-11-12/h7-11,14H,5-6H2,1-4,17H3. The zero-order chi connectivity index (χ0) is 12.9. The lowest BCUT2D eigenvalue weighted by molar-refractivity contribution is 0.0725. The normalized spacial score (nSPS) is 15.2. The maximum atomic E-state index is 3.67. The van der Waals surface area contributed by atoms with Crippen molar-refractivity contribution in [2.24, 2.45) is 0 Å². The first-order valence-electron chi connectivity index (χ1n) is 6.30. The Morgan fingerprint density at radius 2 is 1.65 bits per heavy atom. The quantitative estimate of drug-likeness (QED) is 0.601. The molecule has 0 spiro atoms. The molecule has 1 aromatic rings. The van der Waals surface area contributed by atoms with Gasteiger partial charge in [0.2, 0.25) is 0 Å². The van der Waals surface area contributed by atoms with Crippen LogP contribution in [0.1, 0.15) is 13.8 Å². The van der Waals surface area contributed by atoms with E-state index in [2.05, 4.69) is 67.3 Å². The van der Waals surface area contributed by atoms with E-state index in [0.717, 1.165) is 23.3 Å². The number of nitrogens with one attached hydrogen (secondary N) is 1. The lowest BCUT2D eigenvalue weighted by Crippen LogP contribution is -2.63. The van der Waals surface area contributed by atoms with Gasteiger partial charge in [-0.3, -0.25) is 9.80 Å². The van der Waals surface area contributed by atoms with Gasteiger partial charge >= 0.3 is 0 Å². The molecule has 17 heavy (non-hydrogen) atoms. The number of para-hydroxylation sites is 1. The first kappa shape index (κ1) is 14.2. The molecule has 0 bridgehead atoms. The van der Waals surface area contributed by atoms with Crippen LogP contribution in [0.3, 0.4) is 0 Å². The Morgan fingerprint density at radius 3 is 2.06 bits per heavy atom. The molecular formula is C13H25N3Si. The van der Waals surface area contributed by atoms with E-state index in [1.165, 1.54) is 5.69 Å². The van der Waals surface area contributed by atoms with Gasteiger partial charge in [0, 0.05) is 5.69 Å². The summed E-state index contributed by atoms with van der Waals surface area (Å²) in [4.78, 5) is 4.74. The van der Waals surface area contributed by atoms with E-state index in [4.69, 9.17) is 0 Å². The van der Waals surface area contributed by atoms with Crippen LogP contribution in [0.2, 0.25) is 0 Å². The van der Waals surface area contributed by atoms with Gasteiger partial charge in [0.15, 0.2) is 0 Å². The van der Waals surface area contributed by atoms with Crippen LogP contribution < -0.4 is 5.32 Å². The van der Waals surface area contributed by atoms with Crippen molar-refractivity contribution in [1.82, 2.24) is 9.80 Å². The summed E-state index contributed by atoms with van der Waals surface area (Å²) in [5.74, 6) is 0. The number of benzene rings is 1. The molecule has 0 aliphatic rings. The maximum absolute atomic E-state index is 3.67. The van der Waals surface area contributed by atoms with Crippen LogP contribution in [-0.2, 0) is 0 Å². The Balaban J connectivity index is 2.92. The molecule has 96 valence electrons. The Morgan fingerprint density at radius 1 is 1.12 bits per heavy atom. The number of hydrogen-bond acceptors (Lipinski definition) is 3. The molecule has 0 heterocycles. The third-order valence-corrected chi connectivity index (χ3v) is 5.18. The van der Waals surface area contributed by atoms with Crippen LogP contribution in [0.15, 0.2) is 30.3 Å². The van der Waals surface area contributed by atoms with Gasteiger partial charge in [-0.2, -0.15) is 0 Å². The first-order chi connectivity index (χ1) is 8.04. The number of anilines is 1. The summed E-state index contributed by atoms with van der Waals surface area (Å²) in [5.41, 5.74) is 1.16. The van der Waals surface area contributed by atoms with Crippen molar-refractivity contribution in [2.75, 3.05) is 32.5 Å². The Labute approximate surface area is 108 Å². The van der Waals surface area contributed by atoms with Crippen molar-refractivity contribution in [1.29, 1.82) is 0 Å². The summed E-state index contributed by atoms with van der Waals surface area (Å²) in [6.45, 7) is 6.54. The van der Waals surface area contributed by atoms with Crippen molar-refractivity contribution in [3.8, 4) is 0 Å². The lowest BCUT2D eigenvalue weighted by atomic mass is 10.3. The molecule has 1 unspecified atom stereocenters. The minimum atomic E-state index is -0.0230. The topological polar surface area (TPSA) is 18.5 Å². The number of nitrogens with zero attached hydrogens (tertiary/aromatic N) is 2. The maximum Gasteiger partial charge on any atom is 0.120 e. The largest absolute Gasteiger partial charge is 0.359 e. The molecule has 1 atom stereocenters. The van der Waals surface area contributed by atoms with Gasteiger partial charge in [-0.25, -0.2) is 0 Å². The third kappa shape index (κ3) is 3.31. The summed E-state index contributed by atoms with van der Waals surface area (Å²) in [7, 11) is 5.31. The van der Waals surface area contributed by atoms with Gasteiger partial charge in [0.25, 0.3) is 0 Å². The second-order valence-electron chi connectivity index (χ2n) is 4.58. The van der Waals surface area contributed by atoms with E-state index in [-0.39, 0.29) is 5.41 Å². The van der Waals surface area contributed by atoms with Crippen LogP contribution in [0.25, 0.3) is 0 Å². The minimum Gasteiger partial charge on any atom is -0.359 e. The second kappa shape index (κ2) is 6.19. The SMILES string of the molecule is CCN(CC)C([SiH3])(Nc1ccccc1)N(C)C. The predicted octanol–water partition coefficient (Wildman–Crippen LogP) is 0.979. The summed E-state index contributed by atoms with van der Waals surface area (Å²) in [6.07, 6.45) is 0. The summed E-state index contributed by atoms with van der Waals surface area (Å²) in [5, 5.41) is 3.67. The molecule has 0 saturated carbocycles. The van der Waals surface area contributed by atoms with E-state index in [1.54, 1.807) is 0 Å². The molecular weight excluding hydrogens is 226 g/mol. The van der Waals surface area contributed by atoms with Gasteiger partial charge < -0.3 is 5.32 Å². The molecule has 4 heteroatoms. The Kier molecular flexibility index (Phi) is 5.18. The van der Waals surface area contributed by atoms with Crippen LogP contribution in [0.5, 0.6) is 0 Å². The van der Waals surface area contributed by atoms with Crippen LogP contribution >= 0.6 is 0 Å². The summed E-state index contributed by atoms with van der Waals surface area (Å²) < 4.78 is 0. The zero-order valence-electron chi connectivity index (χ0n) is 11.7. The third-order valence-electron chi connectivity index (χ3n) is 3.40. The molecule has 0 amide bonds. The highest BCUT2D eigenvalue weighted by Crippen LogP contribution is 2.18. The highest BCUT2D eigenvalue weighted by molar-refractivity contribution is 6.16. The van der Waals surface area contributed by atoms with Gasteiger partial charge in [0.05, 0.1) is 10.2 Å². The molecule has 0 aliphatic carbocycles. The van der Waals surface area contributed by atoms with Crippen LogP contribution in [0, 0.1) is 0 Å². The number of hydrogen-bond donors (Lipinski definition) is 1. The monoisotopic (exact) mass is 251 g/mol. The van der Waals surface area contributed by atoms with E-state index in [0.29, 0.717) is 0 Å². The van der Waals surface area contributed by atoms with Crippen LogP contribution in [0.4, 0.5) is 5.69 Å². The van der Waals surface area contributed by atoms with E-state index >= 15 is 0 Å². The molecule has 0 radical (unpaired) electrons. The second-order valence-corrected chi connectivity index (χ2v) is 5.97. The fourth-order valence-electron chi connectivity index (χ4n) is 2.11. The summed E-state index contributed by atoms with van der Waals surface area (Å²) >= 11 is 0. The predicted molar refractivity (Wildman–Crippen MR) is 79.3 cm³/mol. The average molecular weight is 251 g/mol. The molecule has 1 N–H and O–H groups in total. The van der Waals surface area contributed by atoms with E-state index < -0.39 is 0 Å². The lowest BCUT2D eigenvalue weighted by Gasteiger charge is -2.46.